The molecule has 0 heterocycles. The molecule has 0 aliphatic rings. The average molecular weight is 288 g/mol. The van der Waals surface area contributed by atoms with Crippen molar-refractivity contribution in [3.05, 3.63) is 23.3 Å². The number of hydrogen-bond acceptors (Lipinski definition) is 4. The molecular weight excluding hydrogens is 268 g/mol. The molecule has 0 saturated carbocycles. The smallest absolute Gasteiger partial charge is 0.240 e. The Morgan fingerprint density at radius 1 is 1.39 bits per heavy atom. The second-order valence-corrected chi connectivity index (χ2v) is 7.06. The number of sulfonamides is 1. The third-order valence-electron chi connectivity index (χ3n) is 2.76. The van der Waals surface area contributed by atoms with Gasteiger partial charge in [-0.2, -0.15) is 11.8 Å². The van der Waals surface area contributed by atoms with Crippen molar-refractivity contribution in [1.29, 1.82) is 0 Å². The van der Waals surface area contributed by atoms with Gasteiger partial charge >= 0.3 is 0 Å². The molecule has 0 bridgehead atoms. The Labute approximate surface area is 113 Å². The quantitative estimate of drug-likeness (QED) is 0.812. The van der Waals surface area contributed by atoms with E-state index in [1.165, 1.54) is 6.07 Å². The minimum absolute atomic E-state index is 0.104. The van der Waals surface area contributed by atoms with E-state index in [1.54, 1.807) is 17.8 Å². The summed E-state index contributed by atoms with van der Waals surface area (Å²) in [5.41, 5.74) is 8.12. The first kappa shape index (κ1) is 15.3. The van der Waals surface area contributed by atoms with E-state index in [-0.39, 0.29) is 10.9 Å². The number of rotatable bonds is 5. The number of thioether (sulfide) groups is 1. The van der Waals surface area contributed by atoms with Crippen molar-refractivity contribution >= 4 is 27.5 Å². The van der Waals surface area contributed by atoms with Crippen LogP contribution in [0.1, 0.15) is 18.1 Å². The molecule has 102 valence electrons. The maximum Gasteiger partial charge on any atom is 0.240 e. The van der Waals surface area contributed by atoms with Gasteiger partial charge in [-0.1, -0.05) is 0 Å². The van der Waals surface area contributed by atoms with E-state index in [9.17, 15) is 8.42 Å². The summed E-state index contributed by atoms with van der Waals surface area (Å²) in [6, 6.07) is 3.06. The summed E-state index contributed by atoms with van der Waals surface area (Å²) in [6.45, 7) is 5.58. The Balaban J connectivity index is 3.06. The van der Waals surface area contributed by atoms with Gasteiger partial charge in [-0.15, -0.1) is 0 Å². The number of aryl methyl sites for hydroxylation is 1. The molecular formula is C12H20N2O2S2. The molecule has 0 radical (unpaired) electrons. The fourth-order valence-corrected chi connectivity index (χ4v) is 3.68. The van der Waals surface area contributed by atoms with Crippen LogP contribution in [-0.2, 0) is 10.0 Å². The van der Waals surface area contributed by atoms with Crippen LogP contribution in [-0.4, -0.2) is 26.5 Å². The third kappa shape index (κ3) is 3.63. The van der Waals surface area contributed by atoms with E-state index in [0.29, 0.717) is 5.69 Å². The molecule has 6 heteroatoms. The Bertz CT molecular complexity index is 504. The zero-order chi connectivity index (χ0) is 13.9. The maximum absolute atomic E-state index is 12.2. The summed E-state index contributed by atoms with van der Waals surface area (Å²) < 4.78 is 27.0. The lowest BCUT2D eigenvalue weighted by atomic mass is 10.1. The summed E-state index contributed by atoms with van der Waals surface area (Å²) in [7, 11) is -3.49. The van der Waals surface area contributed by atoms with E-state index < -0.39 is 10.0 Å². The van der Waals surface area contributed by atoms with E-state index in [0.717, 1.165) is 16.9 Å². The van der Waals surface area contributed by atoms with Crippen LogP contribution in [0.4, 0.5) is 5.69 Å². The molecule has 0 aliphatic heterocycles. The highest BCUT2D eigenvalue weighted by molar-refractivity contribution is 7.98. The molecule has 1 aromatic rings. The van der Waals surface area contributed by atoms with Gasteiger partial charge in [0.2, 0.25) is 10.0 Å². The molecule has 4 nitrogen and oxygen atoms in total. The zero-order valence-electron chi connectivity index (χ0n) is 11.1. The number of benzene rings is 1. The molecule has 1 atom stereocenters. The molecule has 3 N–H and O–H groups in total. The number of nitrogens with two attached hydrogens (primary N) is 1. The van der Waals surface area contributed by atoms with E-state index >= 15 is 0 Å². The summed E-state index contributed by atoms with van der Waals surface area (Å²) in [6.07, 6.45) is 1.94. The van der Waals surface area contributed by atoms with Crippen molar-refractivity contribution in [3.8, 4) is 0 Å². The van der Waals surface area contributed by atoms with Crippen molar-refractivity contribution in [3.63, 3.8) is 0 Å². The average Bonchev–Trinajstić information content (AvgIpc) is 2.24. The van der Waals surface area contributed by atoms with Gasteiger partial charge in [0.15, 0.2) is 0 Å². The lowest BCUT2D eigenvalue weighted by Gasteiger charge is -2.14. The Kier molecular flexibility index (Phi) is 5.07. The van der Waals surface area contributed by atoms with Gasteiger partial charge < -0.3 is 5.73 Å². The van der Waals surface area contributed by atoms with Crippen LogP contribution in [0.25, 0.3) is 0 Å². The second-order valence-electron chi connectivity index (χ2n) is 4.43. The number of anilines is 1. The summed E-state index contributed by atoms with van der Waals surface area (Å²) in [5, 5.41) is 0. The second kappa shape index (κ2) is 5.95. The number of nitrogen functional groups attached to an aromatic ring is 1. The highest BCUT2D eigenvalue weighted by Gasteiger charge is 2.18. The van der Waals surface area contributed by atoms with Crippen molar-refractivity contribution < 1.29 is 8.42 Å². The first-order valence-electron chi connectivity index (χ1n) is 5.66. The number of nitrogens with one attached hydrogen (secondary N) is 1. The standard InChI is InChI=1S/C12H20N2O2S2/c1-8-5-11(6-12(13)10(8)3)18(15,16)14-9(2)7-17-4/h5-6,9,14H,7,13H2,1-4H3. The molecule has 18 heavy (non-hydrogen) atoms. The van der Waals surface area contributed by atoms with Gasteiger partial charge in [0.05, 0.1) is 4.90 Å². The molecule has 0 fully saturated rings. The summed E-state index contributed by atoms with van der Waals surface area (Å²) in [5.74, 6) is 0.736. The fraction of sp³-hybridized carbons (Fsp3) is 0.500. The molecule has 0 amide bonds. The number of hydrogen-bond donors (Lipinski definition) is 2. The highest BCUT2D eigenvalue weighted by atomic mass is 32.2. The molecule has 0 aliphatic carbocycles. The monoisotopic (exact) mass is 288 g/mol. The fourth-order valence-electron chi connectivity index (χ4n) is 1.62. The Morgan fingerprint density at radius 2 is 2.00 bits per heavy atom. The summed E-state index contributed by atoms with van der Waals surface area (Å²) in [4.78, 5) is 0.232. The lowest BCUT2D eigenvalue weighted by molar-refractivity contribution is 0.571. The van der Waals surface area contributed by atoms with Crippen LogP contribution in [0.5, 0.6) is 0 Å². The largest absolute Gasteiger partial charge is 0.398 e. The Morgan fingerprint density at radius 3 is 2.50 bits per heavy atom. The molecule has 1 unspecified atom stereocenters. The van der Waals surface area contributed by atoms with Crippen molar-refractivity contribution in [2.24, 2.45) is 0 Å². The van der Waals surface area contributed by atoms with E-state index in [1.807, 2.05) is 27.0 Å². The first-order valence-corrected chi connectivity index (χ1v) is 8.53. The maximum atomic E-state index is 12.2. The van der Waals surface area contributed by atoms with E-state index in [4.69, 9.17) is 5.73 Å². The van der Waals surface area contributed by atoms with Gasteiger partial charge in [0.1, 0.15) is 0 Å². The SMILES string of the molecule is CSCC(C)NS(=O)(=O)c1cc(C)c(C)c(N)c1. The minimum atomic E-state index is -3.49. The predicted octanol–water partition coefficient (Wildman–Crippen LogP) is 1.92. The normalized spacial score (nSPS) is 13.6. The highest BCUT2D eigenvalue weighted by Crippen LogP contribution is 2.21. The first-order chi connectivity index (χ1) is 8.27. The van der Waals surface area contributed by atoms with Crippen LogP contribution in [0, 0.1) is 13.8 Å². The van der Waals surface area contributed by atoms with Crippen molar-refractivity contribution in [2.75, 3.05) is 17.7 Å². The molecule has 0 aromatic heterocycles. The topological polar surface area (TPSA) is 72.2 Å². The predicted molar refractivity (Wildman–Crippen MR) is 78.5 cm³/mol. The summed E-state index contributed by atoms with van der Waals surface area (Å²) >= 11 is 1.60. The van der Waals surface area contributed by atoms with Crippen LogP contribution < -0.4 is 10.5 Å². The molecule has 1 rings (SSSR count). The van der Waals surface area contributed by atoms with Crippen molar-refractivity contribution in [2.45, 2.75) is 31.7 Å². The van der Waals surface area contributed by atoms with Crippen LogP contribution in [0.3, 0.4) is 0 Å². The Hall–Kier alpha value is -0.720. The minimum Gasteiger partial charge on any atom is -0.398 e. The molecule has 1 aromatic carbocycles. The zero-order valence-corrected chi connectivity index (χ0v) is 12.8. The van der Waals surface area contributed by atoms with Gasteiger partial charge in [0, 0.05) is 17.5 Å². The van der Waals surface area contributed by atoms with Crippen LogP contribution in [0.15, 0.2) is 17.0 Å². The van der Waals surface area contributed by atoms with Gasteiger partial charge in [-0.25, -0.2) is 13.1 Å². The molecule has 0 spiro atoms. The third-order valence-corrected chi connectivity index (χ3v) is 5.17. The van der Waals surface area contributed by atoms with Gasteiger partial charge in [0.25, 0.3) is 0 Å². The van der Waals surface area contributed by atoms with Gasteiger partial charge in [-0.3, -0.25) is 0 Å². The van der Waals surface area contributed by atoms with Crippen molar-refractivity contribution in [1.82, 2.24) is 4.72 Å². The lowest BCUT2D eigenvalue weighted by Crippen LogP contribution is -2.34. The molecule has 0 saturated heterocycles. The van der Waals surface area contributed by atoms with Crippen LogP contribution in [0.2, 0.25) is 0 Å². The van der Waals surface area contributed by atoms with Gasteiger partial charge in [-0.05, 0) is 50.3 Å². The van der Waals surface area contributed by atoms with Crippen LogP contribution >= 0.6 is 11.8 Å². The van der Waals surface area contributed by atoms with E-state index in [2.05, 4.69) is 4.72 Å².